The Hall–Kier alpha value is -2.14. The number of pyridine rings is 1. The lowest BCUT2D eigenvalue weighted by Crippen LogP contribution is -2.26. The first-order chi connectivity index (χ1) is 9.90. The second-order valence-electron chi connectivity index (χ2n) is 4.93. The number of fused-ring (bicyclic) bond motifs is 1. The van der Waals surface area contributed by atoms with Crippen LogP contribution in [0.1, 0.15) is 11.5 Å². The highest BCUT2D eigenvalue weighted by molar-refractivity contribution is 7.13. The summed E-state index contributed by atoms with van der Waals surface area (Å²) < 4.78 is 2.07. The molecule has 1 N–H and O–H groups in total. The highest BCUT2D eigenvalue weighted by Crippen LogP contribution is 2.30. The van der Waals surface area contributed by atoms with E-state index in [0.29, 0.717) is 5.92 Å². The van der Waals surface area contributed by atoms with Gasteiger partial charge >= 0.3 is 0 Å². The molecule has 0 bridgehead atoms. The molecule has 4 heterocycles. The van der Waals surface area contributed by atoms with Gasteiger partial charge in [0.15, 0.2) is 0 Å². The Kier molecular flexibility index (Phi) is 2.77. The van der Waals surface area contributed by atoms with Crippen molar-refractivity contribution in [3.63, 3.8) is 0 Å². The normalized spacial score (nSPS) is 17.5. The Morgan fingerprint density at radius 2 is 2.15 bits per heavy atom. The van der Waals surface area contributed by atoms with E-state index < -0.39 is 0 Å². The fourth-order valence-corrected chi connectivity index (χ4v) is 3.28. The minimum absolute atomic E-state index is 0.446. The number of anilines is 1. The Balaban J connectivity index is 1.63. The topological polar surface area (TPSA) is 42.7 Å². The second kappa shape index (κ2) is 4.76. The molecule has 0 radical (unpaired) electrons. The smallest absolute Gasteiger partial charge is 0.124 e. The average Bonchev–Trinajstić information content (AvgIpc) is 3.16. The van der Waals surface area contributed by atoms with Gasteiger partial charge in [-0.2, -0.15) is 5.10 Å². The standard InChI is InChI=1S/C15H14N4S/c1-2-14(20-7-1)13-8-15-17-9-12(10-19(15)18-13)11-3-5-16-6-4-11/h1-8,12,17H,9-10H2. The van der Waals surface area contributed by atoms with Crippen LogP contribution in [0.15, 0.2) is 48.1 Å². The van der Waals surface area contributed by atoms with Crippen molar-refractivity contribution >= 4 is 17.2 Å². The van der Waals surface area contributed by atoms with Crippen molar-refractivity contribution in [2.45, 2.75) is 12.5 Å². The molecule has 3 aromatic rings. The van der Waals surface area contributed by atoms with Gasteiger partial charge < -0.3 is 5.32 Å². The molecular weight excluding hydrogens is 268 g/mol. The molecule has 5 heteroatoms. The number of hydrogen-bond acceptors (Lipinski definition) is 4. The van der Waals surface area contributed by atoms with Gasteiger partial charge in [0, 0.05) is 30.9 Å². The minimum Gasteiger partial charge on any atom is -0.370 e. The molecule has 0 aliphatic carbocycles. The predicted octanol–water partition coefficient (Wildman–Crippen LogP) is 3.22. The first kappa shape index (κ1) is 11.7. The van der Waals surface area contributed by atoms with Crippen LogP contribution in [-0.4, -0.2) is 21.3 Å². The molecule has 1 atom stereocenters. The quantitative estimate of drug-likeness (QED) is 0.785. The largest absolute Gasteiger partial charge is 0.370 e. The summed E-state index contributed by atoms with van der Waals surface area (Å²) in [6, 6.07) is 10.5. The zero-order valence-corrected chi connectivity index (χ0v) is 11.7. The fourth-order valence-electron chi connectivity index (χ4n) is 2.60. The number of nitrogens with zero attached hydrogens (tertiary/aromatic N) is 3. The molecule has 0 saturated carbocycles. The number of rotatable bonds is 2. The molecule has 0 amide bonds. The van der Waals surface area contributed by atoms with Crippen LogP contribution in [0.5, 0.6) is 0 Å². The van der Waals surface area contributed by atoms with Crippen molar-refractivity contribution < 1.29 is 0 Å². The maximum atomic E-state index is 4.72. The Bertz CT molecular complexity index is 703. The highest BCUT2D eigenvalue weighted by atomic mass is 32.1. The summed E-state index contributed by atoms with van der Waals surface area (Å²) in [4.78, 5) is 5.30. The third-order valence-electron chi connectivity index (χ3n) is 3.65. The van der Waals surface area contributed by atoms with E-state index in [9.17, 15) is 0 Å². The van der Waals surface area contributed by atoms with Crippen molar-refractivity contribution in [3.8, 4) is 10.6 Å². The summed E-state index contributed by atoms with van der Waals surface area (Å²) in [6.07, 6.45) is 3.70. The molecule has 0 fully saturated rings. The van der Waals surface area contributed by atoms with E-state index in [1.54, 1.807) is 11.3 Å². The number of hydrogen-bond donors (Lipinski definition) is 1. The Labute approximate surface area is 121 Å². The van der Waals surface area contributed by atoms with Gasteiger partial charge in [-0.15, -0.1) is 11.3 Å². The van der Waals surface area contributed by atoms with Crippen LogP contribution >= 0.6 is 11.3 Å². The van der Waals surface area contributed by atoms with Gasteiger partial charge in [0.2, 0.25) is 0 Å². The maximum absolute atomic E-state index is 4.72. The van der Waals surface area contributed by atoms with E-state index in [2.05, 4.69) is 50.7 Å². The van der Waals surface area contributed by atoms with Crippen molar-refractivity contribution in [2.24, 2.45) is 0 Å². The van der Waals surface area contributed by atoms with E-state index in [1.165, 1.54) is 10.4 Å². The fraction of sp³-hybridized carbons (Fsp3) is 0.200. The Morgan fingerprint density at radius 3 is 2.95 bits per heavy atom. The first-order valence-corrected chi connectivity index (χ1v) is 7.53. The van der Waals surface area contributed by atoms with Crippen molar-refractivity contribution in [2.75, 3.05) is 11.9 Å². The average molecular weight is 282 g/mol. The highest BCUT2D eigenvalue weighted by Gasteiger charge is 2.21. The number of aromatic nitrogens is 3. The first-order valence-electron chi connectivity index (χ1n) is 6.66. The molecule has 1 aliphatic heterocycles. The molecule has 0 aromatic carbocycles. The lowest BCUT2D eigenvalue weighted by atomic mass is 9.99. The van der Waals surface area contributed by atoms with E-state index in [-0.39, 0.29) is 0 Å². The summed E-state index contributed by atoms with van der Waals surface area (Å²) in [7, 11) is 0. The molecule has 20 heavy (non-hydrogen) atoms. The zero-order valence-electron chi connectivity index (χ0n) is 10.9. The zero-order chi connectivity index (χ0) is 13.4. The van der Waals surface area contributed by atoms with Gasteiger partial charge in [0.05, 0.1) is 11.4 Å². The summed E-state index contributed by atoms with van der Waals surface area (Å²) in [5, 5.41) is 10.3. The van der Waals surface area contributed by atoms with Gasteiger partial charge in [-0.3, -0.25) is 4.98 Å². The minimum atomic E-state index is 0.446. The van der Waals surface area contributed by atoms with Crippen molar-refractivity contribution in [1.82, 2.24) is 14.8 Å². The molecule has 0 spiro atoms. The monoisotopic (exact) mass is 282 g/mol. The number of nitrogens with one attached hydrogen (secondary N) is 1. The van der Waals surface area contributed by atoms with Crippen LogP contribution in [0.2, 0.25) is 0 Å². The lowest BCUT2D eigenvalue weighted by Gasteiger charge is -2.24. The van der Waals surface area contributed by atoms with Crippen LogP contribution in [0.25, 0.3) is 10.6 Å². The maximum Gasteiger partial charge on any atom is 0.124 e. The van der Waals surface area contributed by atoms with Gasteiger partial charge in [-0.05, 0) is 29.1 Å². The molecule has 1 aliphatic rings. The van der Waals surface area contributed by atoms with Gasteiger partial charge in [0.25, 0.3) is 0 Å². The molecule has 3 aromatic heterocycles. The summed E-state index contributed by atoms with van der Waals surface area (Å²) in [5.74, 6) is 1.56. The van der Waals surface area contributed by atoms with Crippen LogP contribution in [0, 0.1) is 0 Å². The van der Waals surface area contributed by atoms with Crippen LogP contribution in [0.4, 0.5) is 5.82 Å². The summed E-state index contributed by atoms with van der Waals surface area (Å²) in [5.41, 5.74) is 2.37. The van der Waals surface area contributed by atoms with Gasteiger partial charge in [-0.1, -0.05) is 6.07 Å². The van der Waals surface area contributed by atoms with Gasteiger partial charge in [-0.25, -0.2) is 4.68 Å². The van der Waals surface area contributed by atoms with Crippen LogP contribution in [0.3, 0.4) is 0 Å². The predicted molar refractivity (Wildman–Crippen MR) is 81.0 cm³/mol. The third-order valence-corrected chi connectivity index (χ3v) is 4.55. The lowest BCUT2D eigenvalue weighted by molar-refractivity contribution is 0.506. The SMILES string of the molecule is c1csc(-c2cc3n(n2)CC(c2ccncc2)CN3)c1. The van der Waals surface area contributed by atoms with E-state index in [4.69, 9.17) is 5.10 Å². The van der Waals surface area contributed by atoms with E-state index >= 15 is 0 Å². The van der Waals surface area contributed by atoms with E-state index in [0.717, 1.165) is 24.6 Å². The van der Waals surface area contributed by atoms with Crippen LogP contribution < -0.4 is 5.32 Å². The summed E-state index contributed by atoms with van der Waals surface area (Å²) in [6.45, 7) is 1.86. The Morgan fingerprint density at radius 1 is 1.25 bits per heavy atom. The third kappa shape index (κ3) is 2.00. The summed E-state index contributed by atoms with van der Waals surface area (Å²) >= 11 is 1.72. The van der Waals surface area contributed by atoms with Gasteiger partial charge in [0.1, 0.15) is 11.5 Å². The molecule has 4 nitrogen and oxygen atoms in total. The molecular formula is C15H14N4S. The van der Waals surface area contributed by atoms with E-state index in [1.807, 2.05) is 12.4 Å². The van der Waals surface area contributed by atoms with Crippen molar-refractivity contribution in [1.29, 1.82) is 0 Å². The molecule has 1 unspecified atom stereocenters. The van der Waals surface area contributed by atoms with Crippen LogP contribution in [-0.2, 0) is 6.54 Å². The molecule has 4 rings (SSSR count). The number of thiophene rings is 1. The second-order valence-corrected chi connectivity index (χ2v) is 5.88. The molecule has 0 saturated heterocycles. The molecule has 100 valence electrons. The van der Waals surface area contributed by atoms with Crippen molar-refractivity contribution in [3.05, 3.63) is 53.7 Å².